The summed E-state index contributed by atoms with van der Waals surface area (Å²) >= 11 is 6.47. The zero-order valence-electron chi connectivity index (χ0n) is 11.5. The lowest BCUT2D eigenvalue weighted by Gasteiger charge is -2.25. The predicted molar refractivity (Wildman–Crippen MR) is 88.3 cm³/mol. The Balaban J connectivity index is 2.27. The Labute approximate surface area is 140 Å². The Bertz CT molecular complexity index is 639. The van der Waals surface area contributed by atoms with E-state index in [1.165, 1.54) is 0 Å². The van der Waals surface area contributed by atoms with Crippen LogP contribution < -0.4 is 0 Å². The van der Waals surface area contributed by atoms with Crippen molar-refractivity contribution in [3.8, 4) is 5.75 Å². The maximum atomic E-state index is 12.6. The van der Waals surface area contributed by atoms with Crippen LogP contribution in [0.15, 0.2) is 45.6 Å². The molecule has 0 aliphatic heterocycles. The van der Waals surface area contributed by atoms with Crippen LogP contribution >= 0.6 is 31.9 Å². The quantitative estimate of drug-likeness (QED) is 0.822. The van der Waals surface area contributed by atoms with Gasteiger partial charge in [0.15, 0.2) is 0 Å². The van der Waals surface area contributed by atoms with Crippen LogP contribution in [0.2, 0.25) is 0 Å². The first-order chi connectivity index (χ1) is 9.91. The van der Waals surface area contributed by atoms with E-state index < -0.39 is 0 Å². The molecule has 1 aromatic heterocycles. The number of benzene rings is 1. The molecule has 1 amide bonds. The molecule has 0 saturated heterocycles. The molecule has 0 bridgehead atoms. The number of halogens is 2. The smallest absolute Gasteiger partial charge is 0.254 e. The highest BCUT2D eigenvalue weighted by Crippen LogP contribution is 2.34. The number of phenols is 1. The molecular formula is C15H14Br2N2O2. The molecular weight excluding hydrogens is 400 g/mol. The van der Waals surface area contributed by atoms with E-state index in [0.29, 0.717) is 14.5 Å². The highest BCUT2D eigenvalue weighted by molar-refractivity contribution is 9.11. The minimum Gasteiger partial charge on any atom is -0.506 e. The lowest BCUT2D eigenvalue weighted by Crippen LogP contribution is -2.29. The fourth-order valence-corrected chi connectivity index (χ4v) is 3.12. The van der Waals surface area contributed by atoms with Gasteiger partial charge in [0.25, 0.3) is 5.91 Å². The Morgan fingerprint density at radius 2 is 1.76 bits per heavy atom. The molecule has 1 heterocycles. The molecule has 21 heavy (non-hydrogen) atoms. The van der Waals surface area contributed by atoms with Crippen molar-refractivity contribution in [3.63, 3.8) is 0 Å². The first-order valence-corrected chi connectivity index (χ1v) is 7.85. The number of pyridine rings is 1. The van der Waals surface area contributed by atoms with Gasteiger partial charge in [0.05, 0.1) is 15.0 Å². The van der Waals surface area contributed by atoms with Crippen LogP contribution in [0, 0.1) is 0 Å². The zero-order valence-corrected chi connectivity index (χ0v) is 14.7. The zero-order chi connectivity index (χ0) is 15.6. The Morgan fingerprint density at radius 3 is 2.29 bits per heavy atom. The van der Waals surface area contributed by atoms with Crippen LogP contribution in [-0.2, 0) is 0 Å². The van der Waals surface area contributed by atoms with Gasteiger partial charge < -0.3 is 10.0 Å². The predicted octanol–water partition coefficient (Wildman–Crippen LogP) is 4.15. The van der Waals surface area contributed by atoms with Gasteiger partial charge >= 0.3 is 0 Å². The van der Waals surface area contributed by atoms with Gasteiger partial charge in [0.2, 0.25) is 0 Å². The maximum Gasteiger partial charge on any atom is 0.254 e. The van der Waals surface area contributed by atoms with E-state index in [2.05, 4.69) is 36.8 Å². The van der Waals surface area contributed by atoms with E-state index in [1.54, 1.807) is 36.5 Å². The van der Waals surface area contributed by atoms with Crippen molar-refractivity contribution < 1.29 is 9.90 Å². The normalized spacial score (nSPS) is 12.0. The van der Waals surface area contributed by atoms with E-state index in [0.717, 1.165) is 5.56 Å². The number of nitrogens with zero attached hydrogens (tertiary/aromatic N) is 2. The molecule has 1 aromatic carbocycles. The van der Waals surface area contributed by atoms with E-state index in [9.17, 15) is 9.90 Å². The van der Waals surface area contributed by atoms with Gasteiger partial charge in [-0.15, -0.1) is 0 Å². The number of phenolic OH excluding ortho intramolecular Hbond substituents is 1. The summed E-state index contributed by atoms with van der Waals surface area (Å²) in [7, 11) is 1.75. The van der Waals surface area contributed by atoms with E-state index >= 15 is 0 Å². The van der Waals surface area contributed by atoms with Crippen molar-refractivity contribution in [3.05, 3.63) is 56.7 Å². The number of hydrogen-bond donors (Lipinski definition) is 1. The van der Waals surface area contributed by atoms with Crippen molar-refractivity contribution in [2.45, 2.75) is 13.0 Å². The molecule has 1 N–H and O–H groups in total. The average molecular weight is 414 g/mol. The van der Waals surface area contributed by atoms with E-state index in [1.807, 2.05) is 19.1 Å². The number of amides is 1. The molecule has 0 spiro atoms. The molecule has 0 aliphatic rings. The summed E-state index contributed by atoms with van der Waals surface area (Å²) in [6.45, 7) is 1.96. The van der Waals surface area contributed by atoms with Crippen LogP contribution in [-0.4, -0.2) is 27.9 Å². The fourth-order valence-electron chi connectivity index (χ4n) is 1.93. The van der Waals surface area contributed by atoms with Crippen LogP contribution in [0.3, 0.4) is 0 Å². The summed E-state index contributed by atoms with van der Waals surface area (Å²) in [5.74, 6) is -0.0444. The van der Waals surface area contributed by atoms with Gasteiger partial charge in [-0.05, 0) is 68.6 Å². The third-order valence-corrected chi connectivity index (χ3v) is 4.56. The lowest BCUT2D eigenvalue weighted by atomic mass is 10.1. The molecule has 0 aliphatic carbocycles. The molecule has 1 atom stereocenters. The number of rotatable bonds is 3. The van der Waals surface area contributed by atoms with Crippen molar-refractivity contribution in [2.24, 2.45) is 0 Å². The van der Waals surface area contributed by atoms with Gasteiger partial charge in [0.1, 0.15) is 5.75 Å². The minimum absolute atomic E-state index is 0.0770. The Morgan fingerprint density at radius 1 is 1.24 bits per heavy atom. The number of aromatic nitrogens is 1. The molecule has 2 aromatic rings. The monoisotopic (exact) mass is 412 g/mol. The van der Waals surface area contributed by atoms with Crippen LogP contribution in [0.1, 0.15) is 28.9 Å². The van der Waals surface area contributed by atoms with Gasteiger partial charge in [0, 0.05) is 25.0 Å². The second-order valence-corrected chi connectivity index (χ2v) is 6.37. The maximum absolute atomic E-state index is 12.6. The summed E-state index contributed by atoms with van der Waals surface area (Å²) in [4.78, 5) is 18.2. The standard InChI is InChI=1S/C15H14Br2N2O2/c1-9(10-3-5-18-6-4-10)19(2)15(21)11-7-12(16)14(20)13(17)8-11/h3-9,20H,1-2H3/t9-/m0/s1. The molecule has 6 heteroatoms. The Hall–Kier alpha value is -1.40. The molecule has 0 saturated carbocycles. The van der Waals surface area contributed by atoms with Gasteiger partial charge in [-0.2, -0.15) is 0 Å². The molecule has 0 radical (unpaired) electrons. The summed E-state index contributed by atoms with van der Waals surface area (Å²) in [5, 5.41) is 9.71. The molecule has 0 fully saturated rings. The molecule has 0 unspecified atom stereocenters. The molecule has 110 valence electrons. The number of hydrogen-bond acceptors (Lipinski definition) is 3. The number of carbonyl (C=O) groups is 1. The number of carbonyl (C=O) groups excluding carboxylic acids is 1. The fraction of sp³-hybridized carbons (Fsp3) is 0.200. The largest absolute Gasteiger partial charge is 0.506 e. The van der Waals surface area contributed by atoms with Crippen LogP contribution in [0.25, 0.3) is 0 Å². The SMILES string of the molecule is C[C@@H](c1ccncc1)N(C)C(=O)c1cc(Br)c(O)c(Br)c1. The summed E-state index contributed by atoms with van der Waals surface area (Å²) < 4.78 is 0.954. The summed E-state index contributed by atoms with van der Waals surface area (Å²) in [5.41, 5.74) is 1.51. The first-order valence-electron chi connectivity index (χ1n) is 6.27. The van der Waals surface area contributed by atoms with Crippen molar-refractivity contribution >= 4 is 37.8 Å². The topological polar surface area (TPSA) is 53.4 Å². The van der Waals surface area contributed by atoms with Crippen molar-refractivity contribution in [1.29, 1.82) is 0 Å². The minimum atomic E-state index is -0.124. The lowest BCUT2D eigenvalue weighted by molar-refractivity contribution is 0.0742. The van der Waals surface area contributed by atoms with Crippen molar-refractivity contribution in [2.75, 3.05) is 7.05 Å². The number of aromatic hydroxyl groups is 1. The van der Waals surface area contributed by atoms with E-state index in [4.69, 9.17) is 0 Å². The van der Waals surface area contributed by atoms with Gasteiger partial charge in [-0.3, -0.25) is 9.78 Å². The second-order valence-electron chi connectivity index (χ2n) is 4.66. The summed E-state index contributed by atoms with van der Waals surface area (Å²) in [6.07, 6.45) is 3.41. The average Bonchev–Trinajstić information content (AvgIpc) is 2.50. The molecule has 2 rings (SSSR count). The van der Waals surface area contributed by atoms with E-state index in [-0.39, 0.29) is 17.7 Å². The highest BCUT2D eigenvalue weighted by Gasteiger charge is 2.20. The van der Waals surface area contributed by atoms with Gasteiger partial charge in [-0.1, -0.05) is 0 Å². The Kier molecular flexibility index (Phi) is 5.00. The highest BCUT2D eigenvalue weighted by atomic mass is 79.9. The third kappa shape index (κ3) is 3.44. The van der Waals surface area contributed by atoms with Crippen LogP contribution in [0.4, 0.5) is 0 Å². The molecule has 4 nitrogen and oxygen atoms in total. The van der Waals surface area contributed by atoms with Gasteiger partial charge in [-0.25, -0.2) is 0 Å². The second kappa shape index (κ2) is 6.58. The van der Waals surface area contributed by atoms with Crippen LogP contribution in [0.5, 0.6) is 5.75 Å². The third-order valence-electron chi connectivity index (χ3n) is 3.35. The summed E-state index contributed by atoms with van der Waals surface area (Å²) in [6, 6.07) is 6.91. The van der Waals surface area contributed by atoms with Crippen molar-refractivity contribution in [1.82, 2.24) is 9.88 Å². The first kappa shape index (κ1) is 16.0.